The molecule has 160 valence electrons. The lowest BCUT2D eigenvalue weighted by Crippen LogP contribution is -1.93. The summed E-state index contributed by atoms with van der Waals surface area (Å²) in [7, 11) is 3.13. The van der Waals surface area contributed by atoms with E-state index in [1.165, 1.54) is 23.9 Å². The minimum absolute atomic E-state index is 0.00598. The first-order valence-corrected chi connectivity index (χ1v) is 10.5. The number of non-ortho nitro benzene ring substituents is 1. The summed E-state index contributed by atoms with van der Waals surface area (Å²) in [6.07, 6.45) is 3.36. The molecule has 7 nitrogen and oxygen atoms in total. The van der Waals surface area contributed by atoms with Crippen LogP contribution < -0.4 is 9.47 Å². The Morgan fingerprint density at radius 3 is 2.62 bits per heavy atom. The Morgan fingerprint density at radius 2 is 1.84 bits per heavy atom. The monoisotopic (exact) mass is 445 g/mol. The van der Waals surface area contributed by atoms with E-state index in [9.17, 15) is 10.1 Å². The number of methoxy groups -OCH3 is 2. The van der Waals surface area contributed by atoms with Gasteiger partial charge in [0.05, 0.1) is 24.7 Å². The summed E-state index contributed by atoms with van der Waals surface area (Å²) in [5.41, 5.74) is 2.07. The topological polar surface area (TPSA) is 86.9 Å². The van der Waals surface area contributed by atoms with Crippen molar-refractivity contribution in [3.63, 3.8) is 0 Å². The molecule has 4 aromatic rings. The highest BCUT2D eigenvalue weighted by molar-refractivity contribution is 7.99. The van der Waals surface area contributed by atoms with Crippen LogP contribution in [0.15, 0.2) is 87.7 Å². The van der Waals surface area contributed by atoms with Crippen molar-refractivity contribution in [2.45, 2.75) is 9.79 Å². The third-order valence-corrected chi connectivity index (χ3v) is 5.89. The summed E-state index contributed by atoms with van der Waals surface area (Å²) >= 11 is 1.49. The molecule has 0 N–H and O–H groups in total. The molecule has 4 rings (SSSR count). The number of nitro groups is 1. The second-order valence-corrected chi connectivity index (χ2v) is 7.79. The lowest BCUT2D eigenvalue weighted by Gasteiger charge is -2.09. The predicted octanol–water partition coefficient (Wildman–Crippen LogP) is 6.06. The number of aliphatic imine (C=N–C) groups is 1. The number of hydrogen-bond donors (Lipinski definition) is 0. The Labute approximate surface area is 188 Å². The molecule has 0 fully saturated rings. The van der Waals surface area contributed by atoms with Gasteiger partial charge in [0.2, 0.25) is 0 Å². The smallest absolute Gasteiger partial charge is 0.270 e. The minimum atomic E-state index is -0.417. The molecule has 0 aliphatic heterocycles. The molecule has 1 heterocycles. The van der Waals surface area contributed by atoms with Gasteiger partial charge in [0, 0.05) is 51.4 Å². The number of nitrogens with zero attached hydrogens (tertiary/aromatic N) is 3. The SMILES string of the molecule is COc1ccc(N=Cc2cc([N+](=O)[O-])ccc2Sc2cccc3cccnc23)c(OC)c1. The number of aromatic nitrogens is 1. The summed E-state index contributed by atoms with van der Waals surface area (Å²) in [5.74, 6) is 1.19. The molecule has 0 aliphatic carbocycles. The second-order valence-electron chi connectivity index (χ2n) is 6.71. The number of pyridine rings is 1. The van der Waals surface area contributed by atoms with Gasteiger partial charge in [0.1, 0.15) is 17.2 Å². The van der Waals surface area contributed by atoms with Crippen molar-refractivity contribution in [2.75, 3.05) is 14.2 Å². The highest BCUT2D eigenvalue weighted by Gasteiger charge is 2.13. The predicted molar refractivity (Wildman–Crippen MR) is 126 cm³/mol. The van der Waals surface area contributed by atoms with Crippen LogP contribution in [-0.2, 0) is 0 Å². The third kappa shape index (κ3) is 4.55. The summed E-state index contributed by atoms with van der Waals surface area (Å²) in [4.78, 5) is 21.7. The molecule has 1 aromatic heterocycles. The maximum atomic E-state index is 11.4. The molecule has 3 aromatic carbocycles. The van der Waals surface area contributed by atoms with Crippen LogP contribution in [0.2, 0.25) is 0 Å². The molecule has 0 spiro atoms. The average molecular weight is 446 g/mol. The Kier molecular flexibility index (Phi) is 6.32. The first-order valence-electron chi connectivity index (χ1n) is 9.65. The van der Waals surface area contributed by atoms with Crippen molar-refractivity contribution in [3.05, 3.63) is 88.6 Å². The normalized spacial score (nSPS) is 11.1. The fraction of sp³-hybridized carbons (Fsp3) is 0.0833. The van der Waals surface area contributed by atoms with Crippen LogP contribution in [0.25, 0.3) is 10.9 Å². The van der Waals surface area contributed by atoms with Crippen molar-refractivity contribution >= 4 is 40.3 Å². The van der Waals surface area contributed by atoms with E-state index in [1.54, 1.807) is 50.9 Å². The van der Waals surface area contributed by atoms with Crippen LogP contribution in [-0.4, -0.2) is 30.3 Å². The number of hydrogen-bond acceptors (Lipinski definition) is 7. The van der Waals surface area contributed by atoms with E-state index in [1.807, 2.05) is 30.3 Å². The molecule has 0 radical (unpaired) electrons. The highest BCUT2D eigenvalue weighted by Crippen LogP contribution is 2.36. The first-order chi connectivity index (χ1) is 15.6. The van der Waals surface area contributed by atoms with Crippen LogP contribution in [0.1, 0.15) is 5.56 Å². The molecule has 32 heavy (non-hydrogen) atoms. The zero-order valence-electron chi connectivity index (χ0n) is 17.4. The number of benzene rings is 3. The average Bonchev–Trinajstić information content (AvgIpc) is 2.83. The van der Waals surface area contributed by atoms with Crippen molar-refractivity contribution < 1.29 is 14.4 Å². The summed E-state index contributed by atoms with van der Waals surface area (Å²) in [5, 5.41) is 12.4. The largest absolute Gasteiger partial charge is 0.497 e. The van der Waals surface area contributed by atoms with Gasteiger partial charge in [-0.25, -0.2) is 0 Å². The molecule has 0 saturated heterocycles. The molecule has 0 unspecified atom stereocenters. The fourth-order valence-corrected chi connectivity index (χ4v) is 4.17. The van der Waals surface area contributed by atoms with Crippen LogP contribution >= 0.6 is 11.8 Å². The maximum absolute atomic E-state index is 11.4. The van der Waals surface area contributed by atoms with Gasteiger partial charge >= 0.3 is 0 Å². The minimum Gasteiger partial charge on any atom is -0.497 e. The van der Waals surface area contributed by atoms with Gasteiger partial charge in [-0.05, 0) is 30.3 Å². The van der Waals surface area contributed by atoms with Crippen molar-refractivity contribution in [3.8, 4) is 11.5 Å². The Balaban J connectivity index is 1.75. The standard InChI is InChI=1S/C24H19N3O4S/c1-30-19-9-10-20(21(14-19)31-2)26-15-17-13-18(27(28)29)8-11-22(17)32-23-7-3-5-16-6-4-12-25-24(16)23/h3-15H,1-2H3. The van der Waals surface area contributed by atoms with Crippen LogP contribution in [0.3, 0.4) is 0 Å². The van der Waals surface area contributed by atoms with Gasteiger partial charge in [-0.3, -0.25) is 20.1 Å². The van der Waals surface area contributed by atoms with E-state index in [4.69, 9.17) is 9.47 Å². The van der Waals surface area contributed by atoms with E-state index >= 15 is 0 Å². The Hall–Kier alpha value is -3.91. The number of nitro benzene ring substituents is 1. The summed E-state index contributed by atoms with van der Waals surface area (Å²) in [6, 6.07) is 19.9. The van der Waals surface area contributed by atoms with Gasteiger partial charge in [0.15, 0.2) is 0 Å². The van der Waals surface area contributed by atoms with Crippen LogP contribution in [0, 0.1) is 10.1 Å². The number of rotatable bonds is 7. The second kappa shape index (κ2) is 9.49. The molecule has 0 saturated carbocycles. The van der Waals surface area contributed by atoms with Crippen molar-refractivity contribution in [1.29, 1.82) is 0 Å². The Bertz CT molecular complexity index is 1320. The van der Waals surface area contributed by atoms with Crippen LogP contribution in [0.5, 0.6) is 11.5 Å². The highest BCUT2D eigenvalue weighted by atomic mass is 32.2. The van der Waals surface area contributed by atoms with Gasteiger partial charge in [-0.15, -0.1) is 0 Å². The molecular formula is C24H19N3O4S. The van der Waals surface area contributed by atoms with Crippen LogP contribution in [0.4, 0.5) is 11.4 Å². The summed E-state index contributed by atoms with van der Waals surface area (Å²) < 4.78 is 10.6. The number of fused-ring (bicyclic) bond motifs is 1. The van der Waals surface area contributed by atoms with Gasteiger partial charge in [-0.1, -0.05) is 30.0 Å². The maximum Gasteiger partial charge on any atom is 0.270 e. The first kappa shape index (κ1) is 21.3. The number of ether oxygens (including phenoxy) is 2. The van der Waals surface area contributed by atoms with Gasteiger partial charge < -0.3 is 9.47 Å². The third-order valence-electron chi connectivity index (χ3n) is 4.75. The zero-order valence-corrected chi connectivity index (χ0v) is 18.2. The molecular weight excluding hydrogens is 426 g/mol. The van der Waals surface area contributed by atoms with Crippen molar-refractivity contribution in [1.82, 2.24) is 4.98 Å². The van der Waals surface area contributed by atoms with Crippen molar-refractivity contribution in [2.24, 2.45) is 4.99 Å². The van der Waals surface area contributed by atoms with E-state index in [2.05, 4.69) is 9.98 Å². The van der Waals surface area contributed by atoms with Gasteiger partial charge in [-0.2, -0.15) is 0 Å². The fourth-order valence-electron chi connectivity index (χ4n) is 3.15. The lowest BCUT2D eigenvalue weighted by atomic mass is 10.2. The summed E-state index contributed by atoms with van der Waals surface area (Å²) in [6.45, 7) is 0. The number of para-hydroxylation sites is 1. The molecule has 8 heteroatoms. The van der Waals surface area contributed by atoms with E-state index < -0.39 is 4.92 Å². The molecule has 0 bridgehead atoms. The van der Waals surface area contributed by atoms with E-state index in [-0.39, 0.29) is 5.69 Å². The molecule has 0 amide bonds. The van der Waals surface area contributed by atoms with E-state index in [0.717, 1.165) is 20.7 Å². The quantitative estimate of drug-likeness (QED) is 0.195. The van der Waals surface area contributed by atoms with Gasteiger partial charge in [0.25, 0.3) is 5.69 Å². The Morgan fingerprint density at radius 1 is 1.00 bits per heavy atom. The lowest BCUT2D eigenvalue weighted by molar-refractivity contribution is -0.384. The zero-order chi connectivity index (χ0) is 22.5. The van der Waals surface area contributed by atoms with E-state index in [0.29, 0.717) is 22.7 Å². The molecule has 0 aliphatic rings. The molecule has 0 atom stereocenters.